The van der Waals surface area contributed by atoms with Crippen molar-refractivity contribution >= 4 is 24.2 Å². The monoisotopic (exact) mass is 557 g/mol. The van der Waals surface area contributed by atoms with E-state index in [1.54, 1.807) is 13.3 Å². The van der Waals surface area contributed by atoms with Crippen molar-refractivity contribution in [2.24, 2.45) is 0 Å². The summed E-state index contributed by atoms with van der Waals surface area (Å²) in [6, 6.07) is 12.7. The summed E-state index contributed by atoms with van der Waals surface area (Å²) >= 11 is 3.53. The molecular weight excluding hydrogens is 511 g/mol. The fourth-order valence-corrected chi connectivity index (χ4v) is 3.48. The molecule has 216 valence electrons. The number of nitrogens with one attached hydrogen (secondary N) is 1. The number of rotatable bonds is 5. The minimum absolute atomic E-state index is 0.168. The van der Waals surface area contributed by atoms with Gasteiger partial charge in [0.05, 0.1) is 0 Å². The lowest BCUT2D eigenvalue weighted by Crippen LogP contribution is -2.36. The first kappa shape index (κ1) is 37.7. The fraction of sp³-hybridized carbons (Fsp3) is 0.483. The van der Waals surface area contributed by atoms with Crippen molar-refractivity contribution in [3.8, 4) is 0 Å². The Labute approximate surface area is 233 Å². The molecule has 1 fully saturated rings. The number of benzene rings is 2. The average molecular weight is 558 g/mol. The van der Waals surface area contributed by atoms with Crippen molar-refractivity contribution < 1.29 is 23.1 Å². The number of likely N-dealkylation sites (tertiary alicyclic amines) is 1. The van der Waals surface area contributed by atoms with Crippen molar-refractivity contribution in [2.75, 3.05) is 54.1 Å². The normalized spacial score (nSPS) is 14.5. The van der Waals surface area contributed by atoms with Crippen LogP contribution in [0.15, 0.2) is 54.6 Å². The van der Waals surface area contributed by atoms with E-state index in [-0.39, 0.29) is 18.1 Å². The zero-order valence-electron chi connectivity index (χ0n) is 23.8. The molecule has 9 heteroatoms. The maximum atomic E-state index is 14.2. The molecule has 1 heterocycles. The lowest BCUT2D eigenvalue weighted by atomic mass is 10.0. The van der Waals surface area contributed by atoms with Gasteiger partial charge in [-0.3, -0.25) is 0 Å². The summed E-state index contributed by atoms with van der Waals surface area (Å²) in [5.74, 6) is -1.03. The molecule has 38 heavy (non-hydrogen) atoms. The van der Waals surface area contributed by atoms with Crippen molar-refractivity contribution in [3.63, 3.8) is 0 Å². The Morgan fingerprint density at radius 1 is 1.16 bits per heavy atom. The number of likely N-dealkylation sites (N-methyl/N-ethyl adjacent to an activating group) is 1. The number of carbonyl (C=O) groups excluding carboxylic acids is 1. The largest absolute Gasteiger partial charge is 0.400 e. The maximum Gasteiger partial charge on any atom is 0.317 e. The summed E-state index contributed by atoms with van der Waals surface area (Å²) in [5.41, 5.74) is 1.78. The van der Waals surface area contributed by atoms with Gasteiger partial charge in [-0.05, 0) is 68.4 Å². The number of hydrogen-bond acceptors (Lipinski definition) is 4. The van der Waals surface area contributed by atoms with E-state index in [0.717, 1.165) is 50.3 Å². The summed E-state index contributed by atoms with van der Waals surface area (Å²) < 4.78 is 40.1. The number of aliphatic hydroxyl groups is 1. The van der Waals surface area contributed by atoms with Gasteiger partial charge < -0.3 is 20.2 Å². The van der Waals surface area contributed by atoms with E-state index in [9.17, 15) is 18.0 Å². The van der Waals surface area contributed by atoms with Crippen LogP contribution in [0.25, 0.3) is 5.57 Å². The van der Waals surface area contributed by atoms with E-state index in [2.05, 4.69) is 17.9 Å². The minimum Gasteiger partial charge on any atom is -0.400 e. The van der Waals surface area contributed by atoms with Crippen LogP contribution in [0.5, 0.6) is 0 Å². The lowest BCUT2D eigenvalue weighted by Gasteiger charge is -2.24. The van der Waals surface area contributed by atoms with Crippen LogP contribution in [0.3, 0.4) is 0 Å². The topological polar surface area (TPSA) is 55.8 Å². The van der Waals surface area contributed by atoms with Crippen LogP contribution in [0.2, 0.25) is 0 Å². The highest BCUT2D eigenvalue weighted by Gasteiger charge is 2.15. The van der Waals surface area contributed by atoms with E-state index in [1.807, 2.05) is 62.2 Å². The molecule has 1 saturated heterocycles. The Bertz CT molecular complexity index is 894. The Balaban J connectivity index is 0. The molecule has 5 nitrogen and oxygen atoms in total. The highest BCUT2D eigenvalue weighted by molar-refractivity contribution is 7.79. The Kier molecular flexibility index (Phi) is 23.4. The van der Waals surface area contributed by atoms with Crippen molar-refractivity contribution in [2.45, 2.75) is 39.3 Å². The summed E-state index contributed by atoms with van der Waals surface area (Å²) in [5, 5.41) is 9.51. The fourth-order valence-electron chi connectivity index (χ4n) is 3.48. The van der Waals surface area contributed by atoms with Crippen LogP contribution < -0.4 is 5.32 Å². The third kappa shape index (κ3) is 15.7. The number of hydrogen-bond donors (Lipinski definition) is 3. The zero-order valence-corrected chi connectivity index (χ0v) is 24.7. The number of urea groups is 1. The van der Waals surface area contributed by atoms with Crippen LogP contribution in [0.1, 0.15) is 37.8 Å². The van der Waals surface area contributed by atoms with Crippen molar-refractivity contribution in [1.82, 2.24) is 15.1 Å². The van der Waals surface area contributed by atoms with Gasteiger partial charge in [-0.25, -0.2) is 18.0 Å². The second kappa shape index (κ2) is 23.6. The minimum atomic E-state index is -0.561. The molecule has 2 aromatic rings. The van der Waals surface area contributed by atoms with E-state index in [0.29, 0.717) is 18.5 Å². The first-order valence-corrected chi connectivity index (χ1v) is 13.5. The predicted octanol–water partition coefficient (Wildman–Crippen LogP) is 6.09. The molecular formula is C29H46F3N3O2S. The SMILES string of the molecule is CC.CN1CCCC(F)C1.CNC(=O)N(C)C/C(=C\Cc1ccccc1)c1cc(F)ccc1F.CO.CS. The molecule has 2 amide bonds. The van der Waals surface area contributed by atoms with Gasteiger partial charge in [0.1, 0.15) is 17.8 Å². The van der Waals surface area contributed by atoms with Gasteiger partial charge in [0.15, 0.2) is 0 Å². The average Bonchev–Trinajstić information content (AvgIpc) is 2.96. The number of alkyl halides is 1. The quantitative estimate of drug-likeness (QED) is 0.390. The molecule has 2 aromatic carbocycles. The second-order valence-electron chi connectivity index (χ2n) is 7.96. The van der Waals surface area contributed by atoms with Gasteiger partial charge in [0, 0.05) is 39.9 Å². The van der Waals surface area contributed by atoms with Crippen molar-refractivity contribution in [1.29, 1.82) is 0 Å². The molecule has 1 aliphatic rings. The highest BCUT2D eigenvalue weighted by atomic mass is 32.1. The molecule has 1 unspecified atom stereocenters. The molecule has 0 saturated carbocycles. The standard InChI is InChI=1S/C19H20F2N2O.C6H12FN.C2H6.CH4O.CH4S/c1-22-19(24)23(2)13-15(9-8-14-6-4-3-5-7-14)17-12-16(20)10-11-18(17)21;1-8-4-2-3-6(7)5-8;3*1-2/h3-7,9-12H,8,13H2,1-2H3,(H,22,24);6H,2-5H2,1H3;1-2H3;2*2H,1H3/b15-9+;;;;. The maximum absolute atomic E-state index is 14.2. The molecule has 0 aromatic heterocycles. The van der Waals surface area contributed by atoms with Crippen LogP contribution >= 0.6 is 12.6 Å². The van der Waals surface area contributed by atoms with E-state index in [4.69, 9.17) is 5.11 Å². The Hall–Kier alpha value is -2.49. The van der Waals surface area contributed by atoms with Gasteiger partial charge >= 0.3 is 6.03 Å². The van der Waals surface area contributed by atoms with Gasteiger partial charge in [-0.15, -0.1) is 0 Å². The number of allylic oxidation sites excluding steroid dienone is 1. The zero-order chi connectivity index (χ0) is 29.5. The molecule has 0 radical (unpaired) electrons. The first-order chi connectivity index (χ1) is 18.3. The lowest BCUT2D eigenvalue weighted by molar-refractivity contribution is 0.163. The Morgan fingerprint density at radius 3 is 2.26 bits per heavy atom. The molecule has 0 spiro atoms. The molecule has 2 N–H and O–H groups in total. The number of piperidine rings is 1. The summed E-state index contributed by atoms with van der Waals surface area (Å²) in [4.78, 5) is 15.2. The van der Waals surface area contributed by atoms with Gasteiger partial charge in [-0.1, -0.05) is 50.3 Å². The number of halogens is 3. The third-order valence-electron chi connectivity index (χ3n) is 5.24. The van der Waals surface area contributed by atoms with E-state index in [1.165, 1.54) is 11.9 Å². The molecule has 1 atom stereocenters. The third-order valence-corrected chi connectivity index (χ3v) is 5.24. The molecule has 0 bridgehead atoms. The summed E-state index contributed by atoms with van der Waals surface area (Å²) in [6.45, 7) is 5.88. The number of carbonyl (C=O) groups is 1. The molecule has 1 aliphatic heterocycles. The number of nitrogens with zero attached hydrogens (tertiary/aromatic N) is 2. The van der Waals surface area contributed by atoms with Gasteiger partial charge in [-0.2, -0.15) is 12.6 Å². The molecule has 0 aliphatic carbocycles. The van der Waals surface area contributed by atoms with Crippen LogP contribution in [0.4, 0.5) is 18.0 Å². The van der Waals surface area contributed by atoms with E-state index >= 15 is 0 Å². The number of amides is 2. The molecule has 3 rings (SSSR count). The second-order valence-corrected chi connectivity index (χ2v) is 7.96. The van der Waals surface area contributed by atoms with Crippen molar-refractivity contribution in [3.05, 3.63) is 77.4 Å². The van der Waals surface area contributed by atoms with Gasteiger partial charge in [0.2, 0.25) is 0 Å². The number of thiol groups is 1. The van der Waals surface area contributed by atoms with E-state index < -0.39 is 17.8 Å². The van der Waals surface area contributed by atoms with Crippen LogP contribution in [-0.2, 0) is 6.42 Å². The van der Waals surface area contributed by atoms with Crippen LogP contribution in [0, 0.1) is 11.6 Å². The highest BCUT2D eigenvalue weighted by Crippen LogP contribution is 2.21. The number of aliphatic hydroxyl groups excluding tert-OH is 1. The predicted molar refractivity (Wildman–Crippen MR) is 158 cm³/mol. The summed E-state index contributed by atoms with van der Waals surface area (Å²) in [7, 11) is 6.09. The first-order valence-electron chi connectivity index (χ1n) is 12.6. The smallest absolute Gasteiger partial charge is 0.317 e. The van der Waals surface area contributed by atoms with Crippen LogP contribution in [-0.4, -0.2) is 81.3 Å². The Morgan fingerprint density at radius 2 is 1.76 bits per heavy atom. The van der Waals surface area contributed by atoms with Gasteiger partial charge in [0.25, 0.3) is 0 Å². The summed E-state index contributed by atoms with van der Waals surface area (Å²) in [6.07, 6.45) is 5.32.